The SMILES string of the molecule is COCCC(C)(O)CNC(=O)CNCC(F)(F)F. The van der Waals surface area contributed by atoms with Crippen LogP contribution in [0.4, 0.5) is 13.2 Å². The monoisotopic (exact) mass is 272 g/mol. The van der Waals surface area contributed by atoms with Gasteiger partial charge in [0.15, 0.2) is 0 Å². The minimum Gasteiger partial charge on any atom is -0.388 e. The lowest BCUT2D eigenvalue weighted by molar-refractivity contribution is -0.129. The Bertz CT molecular complexity index is 257. The van der Waals surface area contributed by atoms with Gasteiger partial charge in [0.05, 0.1) is 18.7 Å². The lowest BCUT2D eigenvalue weighted by Gasteiger charge is -2.23. The van der Waals surface area contributed by atoms with Gasteiger partial charge >= 0.3 is 6.18 Å². The van der Waals surface area contributed by atoms with E-state index in [4.69, 9.17) is 4.74 Å². The first-order valence-corrected chi connectivity index (χ1v) is 5.42. The van der Waals surface area contributed by atoms with E-state index in [1.165, 1.54) is 14.0 Å². The summed E-state index contributed by atoms with van der Waals surface area (Å²) in [6, 6.07) is 0. The van der Waals surface area contributed by atoms with Crippen LogP contribution < -0.4 is 10.6 Å². The molecule has 0 rings (SSSR count). The van der Waals surface area contributed by atoms with Gasteiger partial charge in [0.2, 0.25) is 5.91 Å². The predicted molar refractivity (Wildman–Crippen MR) is 59.1 cm³/mol. The summed E-state index contributed by atoms with van der Waals surface area (Å²) in [5.74, 6) is -0.600. The van der Waals surface area contributed by atoms with Crippen LogP contribution >= 0.6 is 0 Å². The predicted octanol–water partition coefficient (Wildman–Crippen LogP) is 0.0420. The summed E-state index contributed by atoms with van der Waals surface area (Å²) in [6.07, 6.45) is -4.02. The van der Waals surface area contributed by atoms with Gasteiger partial charge in [-0.3, -0.25) is 4.79 Å². The van der Waals surface area contributed by atoms with Crippen molar-refractivity contribution in [2.45, 2.75) is 25.1 Å². The molecule has 0 fully saturated rings. The lowest BCUT2D eigenvalue weighted by atomic mass is 10.0. The number of amides is 1. The molecule has 0 aromatic rings. The second kappa shape index (κ2) is 7.55. The van der Waals surface area contributed by atoms with E-state index in [9.17, 15) is 23.1 Å². The molecule has 0 aromatic carbocycles. The molecule has 1 amide bonds. The Morgan fingerprint density at radius 1 is 1.33 bits per heavy atom. The molecule has 0 aliphatic carbocycles. The number of halogens is 3. The van der Waals surface area contributed by atoms with E-state index in [2.05, 4.69) is 5.32 Å². The zero-order valence-electron chi connectivity index (χ0n) is 10.4. The molecule has 1 atom stereocenters. The minimum atomic E-state index is -4.34. The van der Waals surface area contributed by atoms with E-state index >= 15 is 0 Å². The molecule has 0 radical (unpaired) electrons. The van der Waals surface area contributed by atoms with Crippen molar-refractivity contribution in [1.29, 1.82) is 0 Å². The topological polar surface area (TPSA) is 70.6 Å². The van der Waals surface area contributed by atoms with Crippen LogP contribution in [0, 0.1) is 0 Å². The first-order chi connectivity index (χ1) is 8.16. The summed E-state index contributed by atoms with van der Waals surface area (Å²) in [6.45, 7) is 0.133. The molecular formula is C10H19F3N2O3. The molecule has 5 nitrogen and oxygen atoms in total. The summed E-state index contributed by atoms with van der Waals surface area (Å²) in [4.78, 5) is 11.2. The Morgan fingerprint density at radius 3 is 2.44 bits per heavy atom. The Hall–Kier alpha value is -0.860. The molecule has 1 unspecified atom stereocenters. The van der Waals surface area contributed by atoms with E-state index in [0.717, 1.165) is 0 Å². The molecule has 0 aromatic heterocycles. The Labute approximate surface area is 104 Å². The van der Waals surface area contributed by atoms with E-state index in [0.29, 0.717) is 13.0 Å². The summed E-state index contributed by atoms with van der Waals surface area (Å²) < 4.78 is 40.1. The van der Waals surface area contributed by atoms with Gasteiger partial charge in [0.1, 0.15) is 0 Å². The molecule has 0 aliphatic heterocycles. The fourth-order valence-electron chi connectivity index (χ4n) is 1.08. The summed E-state index contributed by atoms with van der Waals surface area (Å²) in [5, 5.41) is 14.1. The largest absolute Gasteiger partial charge is 0.401 e. The molecule has 108 valence electrons. The van der Waals surface area contributed by atoms with Crippen molar-refractivity contribution in [3.8, 4) is 0 Å². The van der Waals surface area contributed by atoms with Gasteiger partial charge in [0, 0.05) is 26.7 Å². The highest BCUT2D eigenvalue weighted by atomic mass is 19.4. The number of alkyl halides is 3. The number of carbonyl (C=O) groups is 1. The second-order valence-corrected chi connectivity index (χ2v) is 4.24. The molecule has 3 N–H and O–H groups in total. The number of carbonyl (C=O) groups excluding carboxylic acids is 1. The number of aliphatic hydroxyl groups is 1. The first kappa shape index (κ1) is 17.1. The summed E-state index contributed by atoms with van der Waals surface area (Å²) in [5.41, 5.74) is -1.14. The molecule has 18 heavy (non-hydrogen) atoms. The van der Waals surface area contributed by atoms with Gasteiger partial charge in [-0.1, -0.05) is 0 Å². The van der Waals surface area contributed by atoms with E-state index in [1.807, 2.05) is 5.32 Å². The third kappa shape index (κ3) is 10.3. The Balaban J connectivity index is 3.76. The molecule has 8 heteroatoms. The maximum Gasteiger partial charge on any atom is 0.401 e. The van der Waals surface area contributed by atoms with Gasteiger partial charge in [-0.05, 0) is 6.92 Å². The molecule has 0 spiro atoms. The molecule has 0 saturated carbocycles. The van der Waals surface area contributed by atoms with Gasteiger partial charge in [-0.25, -0.2) is 0 Å². The number of hydrogen-bond acceptors (Lipinski definition) is 4. The summed E-state index contributed by atoms with van der Waals surface area (Å²) in [7, 11) is 1.48. The third-order valence-electron chi connectivity index (χ3n) is 2.12. The fraction of sp³-hybridized carbons (Fsp3) is 0.900. The number of rotatable bonds is 8. The maximum absolute atomic E-state index is 11.8. The average Bonchev–Trinajstić information content (AvgIpc) is 2.22. The summed E-state index contributed by atoms with van der Waals surface area (Å²) >= 11 is 0. The van der Waals surface area contributed by atoms with Gasteiger partial charge in [-0.2, -0.15) is 13.2 Å². The number of hydrogen-bond donors (Lipinski definition) is 3. The molecular weight excluding hydrogens is 253 g/mol. The number of nitrogens with one attached hydrogen (secondary N) is 2. The number of methoxy groups -OCH3 is 1. The van der Waals surface area contributed by atoms with Crippen molar-refractivity contribution in [2.75, 3.05) is 33.4 Å². The highest BCUT2D eigenvalue weighted by Crippen LogP contribution is 2.11. The van der Waals surface area contributed by atoms with Gasteiger partial charge < -0.3 is 20.5 Å². The van der Waals surface area contributed by atoms with Crippen LogP contribution in [0.25, 0.3) is 0 Å². The van der Waals surface area contributed by atoms with Crippen molar-refractivity contribution in [2.24, 2.45) is 0 Å². The van der Waals surface area contributed by atoms with Crippen LogP contribution in [0.5, 0.6) is 0 Å². The van der Waals surface area contributed by atoms with Gasteiger partial charge in [-0.15, -0.1) is 0 Å². The average molecular weight is 272 g/mol. The van der Waals surface area contributed by atoms with E-state index in [-0.39, 0.29) is 6.54 Å². The first-order valence-electron chi connectivity index (χ1n) is 5.42. The van der Waals surface area contributed by atoms with Crippen molar-refractivity contribution >= 4 is 5.91 Å². The van der Waals surface area contributed by atoms with Gasteiger partial charge in [0.25, 0.3) is 0 Å². The van der Waals surface area contributed by atoms with Crippen LogP contribution in [-0.4, -0.2) is 56.1 Å². The molecule has 0 bridgehead atoms. The second-order valence-electron chi connectivity index (χ2n) is 4.24. The lowest BCUT2D eigenvalue weighted by Crippen LogP contribution is -2.45. The Morgan fingerprint density at radius 2 is 1.94 bits per heavy atom. The fourth-order valence-corrected chi connectivity index (χ4v) is 1.08. The molecule has 0 heterocycles. The van der Waals surface area contributed by atoms with Crippen molar-refractivity contribution in [1.82, 2.24) is 10.6 Å². The standard InChI is InChI=1S/C10H19F3N2O3/c1-9(17,3-4-18-2)6-15-8(16)5-14-7-10(11,12)13/h14,17H,3-7H2,1-2H3,(H,15,16). The quantitative estimate of drug-likeness (QED) is 0.583. The van der Waals surface area contributed by atoms with Crippen LogP contribution in [0.3, 0.4) is 0 Å². The zero-order chi connectivity index (χ0) is 14.2. The van der Waals surface area contributed by atoms with E-state index in [1.54, 1.807) is 0 Å². The normalized spacial score (nSPS) is 15.2. The smallest absolute Gasteiger partial charge is 0.388 e. The molecule has 0 aliphatic rings. The van der Waals surface area contributed by atoms with Crippen molar-refractivity contribution in [3.63, 3.8) is 0 Å². The van der Waals surface area contributed by atoms with Crippen molar-refractivity contribution < 1.29 is 27.8 Å². The Kier molecular flexibility index (Phi) is 7.19. The number of ether oxygens (including phenoxy) is 1. The van der Waals surface area contributed by atoms with Crippen LogP contribution in [-0.2, 0) is 9.53 Å². The highest BCUT2D eigenvalue weighted by Gasteiger charge is 2.26. The van der Waals surface area contributed by atoms with Crippen LogP contribution in [0.15, 0.2) is 0 Å². The maximum atomic E-state index is 11.8. The van der Waals surface area contributed by atoms with Crippen LogP contribution in [0.1, 0.15) is 13.3 Å². The van der Waals surface area contributed by atoms with Crippen LogP contribution in [0.2, 0.25) is 0 Å². The van der Waals surface area contributed by atoms with Crippen molar-refractivity contribution in [3.05, 3.63) is 0 Å². The third-order valence-corrected chi connectivity index (χ3v) is 2.12. The molecule has 0 saturated heterocycles. The van der Waals surface area contributed by atoms with E-state index < -0.39 is 30.8 Å². The highest BCUT2D eigenvalue weighted by molar-refractivity contribution is 5.78. The zero-order valence-corrected chi connectivity index (χ0v) is 10.4. The minimum absolute atomic E-state index is 0.0388.